The van der Waals surface area contributed by atoms with Gasteiger partial charge in [0.2, 0.25) is 0 Å². The molecule has 0 aliphatic heterocycles. The summed E-state index contributed by atoms with van der Waals surface area (Å²) in [5.74, 6) is 0.00642. The van der Waals surface area contributed by atoms with Gasteiger partial charge in [-0.05, 0) is 106 Å². The predicted octanol–water partition coefficient (Wildman–Crippen LogP) is 13.8. The molecule has 69 heavy (non-hydrogen) atoms. The van der Waals surface area contributed by atoms with E-state index in [4.69, 9.17) is 4.98 Å². The Morgan fingerprint density at radius 2 is 0.667 bits per heavy atom. The topological polar surface area (TPSA) is 12.9 Å². The SMILES string of the molecule is c1ccc(-c2cc(-c3ccccc3)cc([Si](c3ccccc3)(c3ccccc3)c3cccc4c3C3c5ccccc5C4c4cccc(-c5cc(-c6ccccc6)cc(-c6ccccc6)n5)c43)c2)cc1. The van der Waals surface area contributed by atoms with Crippen LogP contribution in [0.5, 0.6) is 0 Å². The van der Waals surface area contributed by atoms with Crippen LogP contribution in [-0.4, -0.2) is 13.1 Å². The van der Waals surface area contributed by atoms with Crippen LogP contribution >= 0.6 is 0 Å². The molecule has 11 aromatic rings. The van der Waals surface area contributed by atoms with Gasteiger partial charge in [-0.2, -0.15) is 0 Å². The summed E-state index contributed by atoms with van der Waals surface area (Å²) < 4.78 is 0. The van der Waals surface area contributed by atoms with Gasteiger partial charge in [0.1, 0.15) is 0 Å². The lowest BCUT2D eigenvalue weighted by Gasteiger charge is -2.47. The highest BCUT2D eigenvalue weighted by molar-refractivity contribution is 7.20. The fraction of sp³-hybridized carbons (Fsp3) is 0.0299. The first-order chi connectivity index (χ1) is 34.2. The second-order valence-corrected chi connectivity index (χ2v) is 22.3. The van der Waals surface area contributed by atoms with Gasteiger partial charge in [-0.15, -0.1) is 0 Å². The van der Waals surface area contributed by atoms with Crippen LogP contribution in [0.1, 0.15) is 45.2 Å². The largest absolute Gasteiger partial charge is 0.248 e. The molecule has 1 heterocycles. The number of nitrogens with zero attached hydrogens (tertiary/aromatic N) is 1. The van der Waals surface area contributed by atoms with Crippen LogP contribution in [0, 0.1) is 0 Å². The Morgan fingerprint density at radius 3 is 1.20 bits per heavy atom. The Hall–Kier alpha value is -8.43. The molecule has 1 nitrogen and oxygen atoms in total. The van der Waals surface area contributed by atoms with Gasteiger partial charge in [0, 0.05) is 23.0 Å². The fourth-order valence-corrected chi connectivity index (χ4v) is 17.0. The summed E-state index contributed by atoms with van der Waals surface area (Å²) >= 11 is 0. The van der Waals surface area contributed by atoms with E-state index in [0.29, 0.717) is 0 Å². The third kappa shape index (κ3) is 6.79. The lowest BCUT2D eigenvalue weighted by atomic mass is 9.60. The summed E-state index contributed by atoms with van der Waals surface area (Å²) in [5.41, 5.74) is 19.8. The molecule has 1 aromatic heterocycles. The number of pyridine rings is 1. The third-order valence-electron chi connectivity index (χ3n) is 14.8. The summed E-state index contributed by atoms with van der Waals surface area (Å²) in [4.78, 5) is 5.60. The molecule has 0 saturated heterocycles. The first kappa shape index (κ1) is 40.8. The first-order valence-corrected chi connectivity index (χ1v) is 26.1. The maximum absolute atomic E-state index is 5.60. The van der Waals surface area contributed by atoms with Crippen molar-refractivity contribution in [2.75, 3.05) is 0 Å². The lowest BCUT2D eigenvalue weighted by Crippen LogP contribution is -2.75. The third-order valence-corrected chi connectivity index (χ3v) is 19.6. The molecule has 324 valence electrons. The zero-order valence-corrected chi connectivity index (χ0v) is 39.1. The second-order valence-electron chi connectivity index (χ2n) is 18.5. The number of aromatic nitrogens is 1. The summed E-state index contributed by atoms with van der Waals surface area (Å²) in [7, 11) is -3.21. The van der Waals surface area contributed by atoms with E-state index >= 15 is 0 Å². The smallest absolute Gasteiger partial charge is 0.179 e. The van der Waals surface area contributed by atoms with Crippen molar-refractivity contribution in [3.05, 3.63) is 306 Å². The average Bonchev–Trinajstić information content (AvgIpc) is 3.44. The molecule has 0 N–H and O–H groups in total. The van der Waals surface area contributed by atoms with Crippen molar-refractivity contribution in [1.82, 2.24) is 4.98 Å². The van der Waals surface area contributed by atoms with E-state index in [9.17, 15) is 0 Å². The van der Waals surface area contributed by atoms with Crippen molar-refractivity contribution in [3.63, 3.8) is 0 Å². The van der Waals surface area contributed by atoms with E-state index in [-0.39, 0.29) is 11.8 Å². The Kier molecular flexibility index (Phi) is 10.1. The van der Waals surface area contributed by atoms with E-state index < -0.39 is 8.07 Å². The normalized spacial score (nSPS) is 14.4. The van der Waals surface area contributed by atoms with Crippen molar-refractivity contribution in [2.24, 2.45) is 0 Å². The quantitative estimate of drug-likeness (QED) is 0.104. The van der Waals surface area contributed by atoms with E-state index in [0.717, 1.165) is 22.5 Å². The number of benzene rings is 10. The maximum atomic E-state index is 5.60. The van der Waals surface area contributed by atoms with Crippen molar-refractivity contribution in [2.45, 2.75) is 11.8 Å². The Labute approximate surface area is 405 Å². The minimum Gasteiger partial charge on any atom is -0.248 e. The van der Waals surface area contributed by atoms with Crippen LogP contribution in [0.3, 0.4) is 0 Å². The molecule has 2 heteroatoms. The molecule has 3 aliphatic carbocycles. The molecule has 0 amide bonds. The van der Waals surface area contributed by atoms with Crippen LogP contribution < -0.4 is 20.7 Å². The molecule has 14 rings (SSSR count). The van der Waals surface area contributed by atoms with E-state index in [1.165, 1.54) is 87.5 Å². The van der Waals surface area contributed by atoms with Gasteiger partial charge in [-0.3, -0.25) is 0 Å². The number of hydrogen-bond acceptors (Lipinski definition) is 1. The second kappa shape index (κ2) is 17.0. The van der Waals surface area contributed by atoms with Gasteiger partial charge in [0.25, 0.3) is 0 Å². The molecule has 2 atom stereocenters. The Morgan fingerprint density at radius 1 is 0.261 bits per heavy atom. The van der Waals surface area contributed by atoms with Crippen LogP contribution in [0.25, 0.3) is 55.9 Å². The monoisotopic (exact) mass is 893 g/mol. The molecular weight excluding hydrogens is 847 g/mol. The summed E-state index contributed by atoms with van der Waals surface area (Å²) in [6.07, 6.45) is 0. The van der Waals surface area contributed by atoms with Crippen LogP contribution in [0.4, 0.5) is 0 Å². The summed E-state index contributed by atoms with van der Waals surface area (Å²) in [6, 6.07) is 102. The molecule has 0 radical (unpaired) electrons. The molecule has 2 unspecified atom stereocenters. The minimum atomic E-state index is -3.21. The van der Waals surface area contributed by atoms with E-state index in [1.54, 1.807) is 0 Å². The van der Waals surface area contributed by atoms with Gasteiger partial charge in [0.15, 0.2) is 8.07 Å². The molecule has 0 spiro atoms. The molecule has 2 bridgehead atoms. The van der Waals surface area contributed by atoms with Gasteiger partial charge in [0.05, 0.1) is 11.4 Å². The van der Waals surface area contributed by atoms with Gasteiger partial charge >= 0.3 is 0 Å². The van der Waals surface area contributed by atoms with Gasteiger partial charge < -0.3 is 0 Å². The van der Waals surface area contributed by atoms with Gasteiger partial charge in [-0.25, -0.2) is 4.98 Å². The van der Waals surface area contributed by atoms with Crippen LogP contribution in [0.2, 0.25) is 0 Å². The van der Waals surface area contributed by atoms with Crippen LogP contribution in [0.15, 0.2) is 273 Å². The highest BCUT2D eigenvalue weighted by Crippen LogP contribution is 2.57. The molecule has 0 saturated carbocycles. The van der Waals surface area contributed by atoms with Crippen molar-refractivity contribution in [1.29, 1.82) is 0 Å². The van der Waals surface area contributed by atoms with Gasteiger partial charge in [-0.1, -0.05) is 255 Å². The standard InChI is InChI=1S/C67H47NSi/c1-7-23-46(24-8-1)50-41-51(47-25-9-2-10-26-47)43-55(42-50)69(53-31-15-5-16-32-53,54-33-17-6-18-34-54)63-40-22-39-60-64-56-35-19-20-36-57(56)67(66(60)63)65-58(37-21-38-59(64)65)62-45-52(48-27-11-3-12-28-48)44-61(68-62)49-29-13-4-14-30-49/h1-45,64,67H. The lowest BCUT2D eigenvalue weighted by molar-refractivity contribution is 0.759. The maximum Gasteiger partial charge on any atom is 0.179 e. The Bertz CT molecular complexity index is 3490. The zero-order valence-electron chi connectivity index (χ0n) is 38.1. The first-order valence-electron chi connectivity index (χ1n) is 24.1. The molecule has 0 fully saturated rings. The molecule has 3 aliphatic rings. The highest BCUT2D eigenvalue weighted by atomic mass is 28.3. The number of hydrogen-bond donors (Lipinski definition) is 0. The van der Waals surface area contributed by atoms with E-state index in [1.807, 2.05) is 0 Å². The average molecular weight is 894 g/mol. The molecular formula is C67H47NSi. The Balaban J connectivity index is 1.13. The highest BCUT2D eigenvalue weighted by Gasteiger charge is 2.50. The van der Waals surface area contributed by atoms with Crippen LogP contribution in [-0.2, 0) is 0 Å². The number of rotatable bonds is 9. The predicted molar refractivity (Wildman–Crippen MR) is 290 cm³/mol. The van der Waals surface area contributed by atoms with E-state index in [2.05, 4.69) is 273 Å². The zero-order chi connectivity index (χ0) is 45.7. The summed E-state index contributed by atoms with van der Waals surface area (Å²) in [5, 5.41) is 5.52. The molecule has 10 aromatic carbocycles. The summed E-state index contributed by atoms with van der Waals surface area (Å²) in [6.45, 7) is 0. The van der Waals surface area contributed by atoms with Crippen molar-refractivity contribution in [3.8, 4) is 55.9 Å². The van der Waals surface area contributed by atoms with Crippen molar-refractivity contribution < 1.29 is 0 Å². The van der Waals surface area contributed by atoms with Crippen molar-refractivity contribution >= 4 is 28.8 Å². The minimum absolute atomic E-state index is 0.0452. The fourth-order valence-electron chi connectivity index (χ4n) is 11.9.